The number of carboxylic acid groups (broad SMARTS) is 1. The van der Waals surface area contributed by atoms with Crippen LogP contribution < -0.4 is 5.32 Å². The van der Waals surface area contributed by atoms with Crippen LogP contribution in [0.15, 0.2) is 30.7 Å². The summed E-state index contributed by atoms with van der Waals surface area (Å²) in [4.78, 5) is 23.1. The average molecular weight is 258 g/mol. The molecule has 0 spiro atoms. The Balaban J connectivity index is 2.03. The van der Waals surface area contributed by atoms with E-state index in [9.17, 15) is 4.79 Å². The Bertz CT molecular complexity index is 572. The van der Waals surface area contributed by atoms with E-state index in [1.54, 1.807) is 19.3 Å². The summed E-state index contributed by atoms with van der Waals surface area (Å²) in [6.45, 7) is 2.31. The molecule has 0 aliphatic rings. The van der Waals surface area contributed by atoms with Crippen LogP contribution in [0.2, 0.25) is 0 Å². The normalized spacial score (nSPS) is 10.2. The van der Waals surface area contributed by atoms with E-state index < -0.39 is 5.97 Å². The van der Waals surface area contributed by atoms with Crippen LogP contribution in [0.5, 0.6) is 0 Å². The van der Waals surface area contributed by atoms with Gasteiger partial charge in [-0.05, 0) is 25.0 Å². The summed E-state index contributed by atoms with van der Waals surface area (Å²) in [5.74, 6) is -0.151. The van der Waals surface area contributed by atoms with Gasteiger partial charge in [-0.1, -0.05) is 6.07 Å². The highest BCUT2D eigenvalue weighted by atomic mass is 16.4. The second-order valence-corrected chi connectivity index (χ2v) is 4.02. The Kier molecular flexibility index (Phi) is 4.02. The number of aryl methyl sites for hydroxylation is 1. The van der Waals surface area contributed by atoms with E-state index in [1.807, 2.05) is 12.1 Å². The van der Waals surface area contributed by atoms with Crippen molar-refractivity contribution in [3.8, 4) is 0 Å². The van der Waals surface area contributed by atoms with Crippen molar-refractivity contribution < 1.29 is 9.90 Å². The van der Waals surface area contributed by atoms with Crippen molar-refractivity contribution in [2.24, 2.45) is 0 Å². The fourth-order valence-corrected chi connectivity index (χ4v) is 1.63. The van der Waals surface area contributed by atoms with Gasteiger partial charge in [-0.3, -0.25) is 4.98 Å². The molecule has 2 heterocycles. The van der Waals surface area contributed by atoms with Crippen molar-refractivity contribution in [2.45, 2.75) is 13.3 Å². The lowest BCUT2D eigenvalue weighted by molar-refractivity contribution is 0.0697. The number of carbonyl (C=O) groups is 1. The van der Waals surface area contributed by atoms with Gasteiger partial charge in [0.15, 0.2) is 0 Å². The predicted octanol–water partition coefficient (Wildman–Crippen LogP) is 1.53. The molecule has 2 rings (SSSR count). The molecule has 2 aromatic rings. The molecule has 6 heteroatoms. The zero-order valence-corrected chi connectivity index (χ0v) is 10.5. The van der Waals surface area contributed by atoms with E-state index in [-0.39, 0.29) is 5.56 Å². The third-order valence-corrected chi connectivity index (χ3v) is 2.57. The molecule has 2 N–H and O–H groups in total. The van der Waals surface area contributed by atoms with Gasteiger partial charge in [-0.25, -0.2) is 14.8 Å². The highest BCUT2D eigenvalue weighted by molar-refractivity contribution is 5.92. The fourth-order valence-electron chi connectivity index (χ4n) is 1.63. The zero-order chi connectivity index (χ0) is 13.7. The van der Waals surface area contributed by atoms with Crippen molar-refractivity contribution in [3.63, 3.8) is 0 Å². The van der Waals surface area contributed by atoms with Crippen molar-refractivity contribution in [2.75, 3.05) is 11.9 Å². The van der Waals surface area contributed by atoms with E-state index >= 15 is 0 Å². The van der Waals surface area contributed by atoms with Crippen LogP contribution in [0.25, 0.3) is 0 Å². The third kappa shape index (κ3) is 3.48. The molecule has 0 saturated carbocycles. The van der Waals surface area contributed by atoms with Crippen LogP contribution in [0.3, 0.4) is 0 Å². The lowest BCUT2D eigenvalue weighted by Crippen LogP contribution is -2.12. The summed E-state index contributed by atoms with van der Waals surface area (Å²) in [5.41, 5.74) is 1.16. The van der Waals surface area contributed by atoms with Gasteiger partial charge < -0.3 is 10.4 Å². The Morgan fingerprint density at radius 1 is 1.42 bits per heavy atom. The SMILES string of the molecule is Cc1ncc(C(=O)O)c(NCCc2cccnc2)n1. The minimum absolute atomic E-state index is 0.0804. The number of pyridine rings is 1. The molecule has 6 nitrogen and oxygen atoms in total. The third-order valence-electron chi connectivity index (χ3n) is 2.57. The number of hydrogen-bond acceptors (Lipinski definition) is 5. The topological polar surface area (TPSA) is 88.0 Å². The molecule has 0 aromatic carbocycles. The first kappa shape index (κ1) is 12.9. The molecule has 0 atom stereocenters. The van der Waals surface area contributed by atoms with Crippen LogP contribution in [0, 0.1) is 6.92 Å². The molecule has 0 saturated heterocycles. The summed E-state index contributed by atoms with van der Waals surface area (Å²) < 4.78 is 0. The number of nitrogens with zero attached hydrogens (tertiary/aromatic N) is 3. The van der Waals surface area contributed by atoms with Crippen LogP contribution in [0.1, 0.15) is 21.7 Å². The van der Waals surface area contributed by atoms with Gasteiger partial charge in [0.25, 0.3) is 0 Å². The molecule has 2 aromatic heterocycles. The maximum absolute atomic E-state index is 11.0. The van der Waals surface area contributed by atoms with Gasteiger partial charge in [0.2, 0.25) is 0 Å². The molecule has 98 valence electrons. The minimum Gasteiger partial charge on any atom is -0.477 e. The van der Waals surface area contributed by atoms with E-state index in [1.165, 1.54) is 6.20 Å². The zero-order valence-electron chi connectivity index (χ0n) is 10.5. The van der Waals surface area contributed by atoms with Crippen molar-refractivity contribution in [3.05, 3.63) is 47.7 Å². The number of hydrogen-bond donors (Lipinski definition) is 2. The van der Waals surface area contributed by atoms with Crippen LogP contribution in [0.4, 0.5) is 5.82 Å². The minimum atomic E-state index is -1.04. The van der Waals surface area contributed by atoms with Crippen molar-refractivity contribution in [1.82, 2.24) is 15.0 Å². The summed E-state index contributed by atoms with van der Waals surface area (Å²) in [5, 5.41) is 12.1. The first-order chi connectivity index (χ1) is 9.16. The van der Waals surface area contributed by atoms with Crippen LogP contribution in [-0.2, 0) is 6.42 Å². The van der Waals surface area contributed by atoms with Crippen molar-refractivity contribution in [1.29, 1.82) is 0 Å². The Hall–Kier alpha value is -2.50. The standard InChI is InChI=1S/C13H14N4O2/c1-9-16-8-11(13(18)19)12(17-9)15-6-4-10-3-2-5-14-7-10/h2-3,5,7-8H,4,6H2,1H3,(H,18,19)(H,15,16,17). The molecule has 0 aliphatic carbocycles. The molecular formula is C13H14N4O2. The summed E-state index contributed by atoms with van der Waals surface area (Å²) >= 11 is 0. The molecule has 0 unspecified atom stereocenters. The molecule has 0 bridgehead atoms. The second-order valence-electron chi connectivity index (χ2n) is 4.02. The molecule has 0 aliphatic heterocycles. The fraction of sp³-hybridized carbons (Fsp3) is 0.231. The summed E-state index contributed by atoms with van der Waals surface area (Å²) in [6.07, 6.45) is 5.56. The van der Waals surface area contributed by atoms with E-state index in [0.717, 1.165) is 12.0 Å². The molecular weight excluding hydrogens is 244 g/mol. The Labute approximate surface area is 110 Å². The van der Waals surface area contributed by atoms with Gasteiger partial charge in [0.1, 0.15) is 17.2 Å². The number of anilines is 1. The molecule has 0 fully saturated rings. The monoisotopic (exact) mass is 258 g/mol. The predicted molar refractivity (Wildman–Crippen MR) is 70.2 cm³/mol. The Morgan fingerprint density at radius 2 is 2.26 bits per heavy atom. The first-order valence-corrected chi connectivity index (χ1v) is 5.86. The maximum atomic E-state index is 11.0. The number of nitrogens with one attached hydrogen (secondary N) is 1. The molecule has 19 heavy (non-hydrogen) atoms. The summed E-state index contributed by atoms with van der Waals surface area (Å²) in [7, 11) is 0. The van der Waals surface area contributed by atoms with E-state index in [2.05, 4.69) is 20.3 Å². The molecule has 0 radical (unpaired) electrons. The van der Waals surface area contributed by atoms with Gasteiger partial charge in [-0.2, -0.15) is 0 Å². The highest BCUT2D eigenvalue weighted by Crippen LogP contribution is 2.11. The average Bonchev–Trinajstić information content (AvgIpc) is 2.39. The quantitative estimate of drug-likeness (QED) is 0.845. The largest absolute Gasteiger partial charge is 0.477 e. The van der Waals surface area contributed by atoms with Crippen molar-refractivity contribution >= 4 is 11.8 Å². The lowest BCUT2D eigenvalue weighted by Gasteiger charge is -2.08. The lowest BCUT2D eigenvalue weighted by atomic mass is 10.2. The maximum Gasteiger partial charge on any atom is 0.341 e. The number of carboxylic acids is 1. The Morgan fingerprint density at radius 3 is 2.95 bits per heavy atom. The highest BCUT2D eigenvalue weighted by Gasteiger charge is 2.11. The number of rotatable bonds is 5. The number of aromatic carboxylic acids is 1. The van der Waals surface area contributed by atoms with E-state index in [4.69, 9.17) is 5.11 Å². The van der Waals surface area contributed by atoms with Gasteiger partial charge in [0.05, 0.1) is 0 Å². The van der Waals surface area contributed by atoms with E-state index in [0.29, 0.717) is 18.2 Å². The van der Waals surface area contributed by atoms with Gasteiger partial charge >= 0.3 is 5.97 Å². The second kappa shape index (κ2) is 5.90. The number of aromatic nitrogens is 3. The van der Waals surface area contributed by atoms with Crippen LogP contribution in [-0.4, -0.2) is 32.6 Å². The van der Waals surface area contributed by atoms with Gasteiger partial charge in [-0.15, -0.1) is 0 Å². The molecule has 0 amide bonds. The van der Waals surface area contributed by atoms with Crippen LogP contribution >= 0.6 is 0 Å². The first-order valence-electron chi connectivity index (χ1n) is 5.86. The summed E-state index contributed by atoms with van der Waals surface area (Å²) in [6, 6.07) is 3.84. The van der Waals surface area contributed by atoms with Gasteiger partial charge in [0, 0.05) is 25.1 Å². The smallest absolute Gasteiger partial charge is 0.341 e.